The molecule has 2 atom stereocenters. The molecule has 1 aliphatic rings. The summed E-state index contributed by atoms with van der Waals surface area (Å²) in [5, 5.41) is 10.1. The molecule has 0 bridgehead atoms. The highest BCUT2D eigenvalue weighted by molar-refractivity contribution is 5.81. The van der Waals surface area contributed by atoms with E-state index in [1.807, 2.05) is 31.2 Å². The lowest BCUT2D eigenvalue weighted by Gasteiger charge is -2.38. The molecule has 0 spiro atoms. The van der Waals surface area contributed by atoms with Crippen molar-refractivity contribution in [3.05, 3.63) is 29.8 Å². The maximum Gasteiger partial charge on any atom is 0.328 e. The van der Waals surface area contributed by atoms with Crippen LogP contribution >= 0.6 is 0 Å². The van der Waals surface area contributed by atoms with Crippen LogP contribution in [0.2, 0.25) is 0 Å². The van der Waals surface area contributed by atoms with Gasteiger partial charge in [-0.1, -0.05) is 31.5 Å². The summed E-state index contributed by atoms with van der Waals surface area (Å²) >= 11 is 0. The molecule has 20 heavy (non-hydrogen) atoms. The van der Waals surface area contributed by atoms with Gasteiger partial charge >= 0.3 is 5.97 Å². The van der Waals surface area contributed by atoms with Gasteiger partial charge in [0, 0.05) is 17.8 Å². The fraction of sp³-hybridized carbons (Fsp3) is 0.562. The second kappa shape index (κ2) is 6.75. The molecule has 4 nitrogen and oxygen atoms in total. The number of hydrogen-bond acceptors (Lipinski definition) is 4. The number of fused-ring (bicyclic) bond motifs is 1. The highest BCUT2D eigenvalue weighted by Gasteiger charge is 2.32. The first-order valence-corrected chi connectivity index (χ1v) is 7.39. The molecule has 4 heteroatoms. The van der Waals surface area contributed by atoms with E-state index < -0.39 is 6.10 Å². The lowest BCUT2D eigenvalue weighted by molar-refractivity contribution is -0.145. The van der Waals surface area contributed by atoms with Gasteiger partial charge in [-0.15, -0.1) is 0 Å². The van der Waals surface area contributed by atoms with Crippen LogP contribution in [0.15, 0.2) is 24.3 Å². The molecule has 0 saturated carbocycles. The van der Waals surface area contributed by atoms with Crippen molar-refractivity contribution in [1.29, 1.82) is 0 Å². The standard InChI is InChI=1S/C16H23NO3/c1-3-7-14(16(19)20-4-2)17-11-10-15(18)12-8-5-6-9-13(12)17/h5-6,8-9,14-15,18H,3-4,7,10-11H2,1-2H3. The van der Waals surface area contributed by atoms with Crippen LogP contribution in [-0.2, 0) is 9.53 Å². The summed E-state index contributed by atoms with van der Waals surface area (Å²) in [4.78, 5) is 14.3. The number of hydrogen-bond donors (Lipinski definition) is 1. The van der Waals surface area contributed by atoms with Crippen LogP contribution in [-0.4, -0.2) is 30.3 Å². The summed E-state index contributed by atoms with van der Waals surface area (Å²) in [6.07, 6.45) is 1.90. The molecule has 110 valence electrons. The summed E-state index contributed by atoms with van der Waals surface area (Å²) in [5.74, 6) is -0.166. The van der Waals surface area contributed by atoms with Crippen molar-refractivity contribution in [3.63, 3.8) is 0 Å². The molecule has 2 rings (SSSR count). The molecular weight excluding hydrogens is 254 g/mol. The Bertz CT molecular complexity index is 461. The summed E-state index contributed by atoms with van der Waals surface area (Å²) in [6.45, 7) is 4.98. The number of aliphatic hydroxyl groups excluding tert-OH is 1. The third-order valence-electron chi connectivity index (χ3n) is 3.75. The maximum atomic E-state index is 12.2. The third-order valence-corrected chi connectivity index (χ3v) is 3.75. The summed E-state index contributed by atoms with van der Waals surface area (Å²) in [7, 11) is 0. The van der Waals surface area contributed by atoms with Crippen molar-refractivity contribution >= 4 is 11.7 Å². The normalized spacial score (nSPS) is 19.4. The van der Waals surface area contributed by atoms with Crippen molar-refractivity contribution in [2.24, 2.45) is 0 Å². The number of carbonyl (C=O) groups excluding carboxylic acids is 1. The topological polar surface area (TPSA) is 49.8 Å². The Balaban J connectivity index is 2.30. The van der Waals surface area contributed by atoms with E-state index in [4.69, 9.17) is 4.74 Å². The van der Waals surface area contributed by atoms with Gasteiger partial charge < -0.3 is 14.7 Å². The molecule has 0 saturated heterocycles. The molecule has 1 aliphatic heterocycles. The fourth-order valence-corrected chi connectivity index (χ4v) is 2.80. The van der Waals surface area contributed by atoms with Gasteiger partial charge in [0.05, 0.1) is 12.7 Å². The van der Waals surface area contributed by atoms with E-state index in [1.54, 1.807) is 0 Å². The molecular formula is C16H23NO3. The van der Waals surface area contributed by atoms with Gasteiger partial charge in [-0.25, -0.2) is 4.79 Å². The number of nitrogens with zero attached hydrogens (tertiary/aromatic N) is 1. The van der Waals surface area contributed by atoms with E-state index in [0.29, 0.717) is 19.6 Å². The Morgan fingerprint density at radius 2 is 2.20 bits per heavy atom. The van der Waals surface area contributed by atoms with Crippen molar-refractivity contribution in [3.8, 4) is 0 Å². The fourth-order valence-electron chi connectivity index (χ4n) is 2.80. The van der Waals surface area contributed by atoms with Gasteiger partial charge in [0.25, 0.3) is 0 Å². The average Bonchev–Trinajstić information content (AvgIpc) is 2.46. The molecule has 0 amide bonds. The number of carbonyl (C=O) groups is 1. The van der Waals surface area contributed by atoms with E-state index in [2.05, 4.69) is 11.8 Å². The molecule has 1 heterocycles. The minimum absolute atomic E-state index is 0.166. The van der Waals surface area contributed by atoms with Crippen molar-refractivity contribution in [1.82, 2.24) is 0 Å². The first kappa shape index (κ1) is 14.9. The predicted molar refractivity (Wildman–Crippen MR) is 78.7 cm³/mol. The van der Waals surface area contributed by atoms with Gasteiger partial charge in [0.1, 0.15) is 6.04 Å². The average molecular weight is 277 g/mol. The smallest absolute Gasteiger partial charge is 0.328 e. The van der Waals surface area contributed by atoms with Crippen LogP contribution in [0.5, 0.6) is 0 Å². The number of esters is 1. The number of ether oxygens (including phenoxy) is 1. The first-order valence-electron chi connectivity index (χ1n) is 7.39. The quantitative estimate of drug-likeness (QED) is 0.841. The van der Waals surface area contributed by atoms with Crippen LogP contribution < -0.4 is 4.90 Å². The Morgan fingerprint density at radius 1 is 1.45 bits per heavy atom. The Morgan fingerprint density at radius 3 is 2.90 bits per heavy atom. The summed E-state index contributed by atoms with van der Waals surface area (Å²) < 4.78 is 5.21. The second-order valence-electron chi connectivity index (χ2n) is 5.11. The minimum atomic E-state index is -0.438. The predicted octanol–water partition coefficient (Wildman–Crippen LogP) is 2.66. The van der Waals surface area contributed by atoms with Crippen molar-refractivity contribution in [2.75, 3.05) is 18.1 Å². The molecule has 1 aromatic carbocycles. The second-order valence-corrected chi connectivity index (χ2v) is 5.11. The molecule has 0 aromatic heterocycles. The number of anilines is 1. The molecule has 1 N–H and O–H groups in total. The zero-order valence-electron chi connectivity index (χ0n) is 12.2. The zero-order valence-corrected chi connectivity index (χ0v) is 12.2. The third kappa shape index (κ3) is 2.96. The van der Waals surface area contributed by atoms with Crippen molar-refractivity contribution < 1.29 is 14.6 Å². The lowest BCUT2D eigenvalue weighted by atomic mass is 9.96. The monoisotopic (exact) mass is 277 g/mol. The molecule has 0 fully saturated rings. The van der Waals surface area contributed by atoms with Gasteiger partial charge in [0.15, 0.2) is 0 Å². The van der Waals surface area contributed by atoms with Gasteiger partial charge in [-0.2, -0.15) is 0 Å². The van der Waals surface area contributed by atoms with Crippen LogP contribution in [0.3, 0.4) is 0 Å². The van der Waals surface area contributed by atoms with E-state index in [0.717, 1.165) is 24.1 Å². The summed E-state index contributed by atoms with van der Waals surface area (Å²) in [6, 6.07) is 7.51. The van der Waals surface area contributed by atoms with Gasteiger partial charge in [-0.3, -0.25) is 0 Å². The lowest BCUT2D eigenvalue weighted by Crippen LogP contribution is -2.45. The number of rotatable bonds is 5. The maximum absolute atomic E-state index is 12.2. The van der Waals surface area contributed by atoms with Crippen LogP contribution in [0.4, 0.5) is 5.69 Å². The van der Waals surface area contributed by atoms with Crippen LogP contribution in [0, 0.1) is 0 Å². The van der Waals surface area contributed by atoms with Crippen LogP contribution in [0.1, 0.15) is 44.8 Å². The Labute approximate surface area is 120 Å². The molecule has 2 unspecified atom stereocenters. The summed E-state index contributed by atoms with van der Waals surface area (Å²) in [5.41, 5.74) is 1.86. The highest BCUT2D eigenvalue weighted by Crippen LogP contribution is 2.35. The minimum Gasteiger partial charge on any atom is -0.464 e. The Hall–Kier alpha value is -1.55. The Kier molecular flexibility index (Phi) is 5.01. The number of para-hydroxylation sites is 1. The SMILES string of the molecule is CCCC(C(=O)OCC)N1CCC(O)c2ccccc21. The van der Waals surface area contributed by atoms with E-state index in [-0.39, 0.29) is 12.0 Å². The number of aliphatic hydroxyl groups is 1. The first-order chi connectivity index (χ1) is 9.69. The van der Waals surface area contributed by atoms with Crippen molar-refractivity contribution in [2.45, 2.75) is 45.3 Å². The van der Waals surface area contributed by atoms with E-state index in [1.165, 1.54) is 0 Å². The molecule has 1 aromatic rings. The van der Waals surface area contributed by atoms with Gasteiger partial charge in [-0.05, 0) is 25.8 Å². The van der Waals surface area contributed by atoms with E-state index in [9.17, 15) is 9.90 Å². The van der Waals surface area contributed by atoms with Crippen LogP contribution in [0.25, 0.3) is 0 Å². The van der Waals surface area contributed by atoms with E-state index >= 15 is 0 Å². The number of benzene rings is 1. The molecule has 0 aliphatic carbocycles. The largest absolute Gasteiger partial charge is 0.464 e. The van der Waals surface area contributed by atoms with Gasteiger partial charge in [0.2, 0.25) is 0 Å². The molecule has 0 radical (unpaired) electrons. The zero-order chi connectivity index (χ0) is 14.5. The highest BCUT2D eigenvalue weighted by atomic mass is 16.5.